The smallest absolute Gasteiger partial charge is 0.270 e. The fraction of sp³-hybridized carbons (Fsp3) is 0.571. The first-order valence-corrected chi connectivity index (χ1v) is 10.5. The monoisotopic (exact) mass is 397 g/mol. The molecule has 3 aliphatic heterocycles. The molecule has 3 aliphatic rings. The maximum atomic E-state index is 13.0. The summed E-state index contributed by atoms with van der Waals surface area (Å²) in [4.78, 5) is 34.3. The third-order valence-corrected chi connectivity index (χ3v) is 6.57. The van der Waals surface area contributed by atoms with Crippen molar-refractivity contribution >= 4 is 11.8 Å². The van der Waals surface area contributed by atoms with Crippen molar-refractivity contribution in [3.05, 3.63) is 42.2 Å². The minimum Gasteiger partial charge on any atom is -0.352 e. The fourth-order valence-corrected chi connectivity index (χ4v) is 4.92. The van der Waals surface area contributed by atoms with E-state index in [1.54, 1.807) is 6.20 Å². The highest BCUT2D eigenvalue weighted by Gasteiger charge is 2.48. The van der Waals surface area contributed by atoms with Crippen LogP contribution in [0, 0.1) is 0 Å². The number of nitrogens with zero attached hydrogens (tertiary/aromatic N) is 5. The van der Waals surface area contributed by atoms with Gasteiger partial charge in [0, 0.05) is 64.7 Å². The molecule has 1 atom stereocenters. The van der Waals surface area contributed by atoms with Crippen molar-refractivity contribution in [1.82, 2.24) is 23.9 Å². The summed E-state index contributed by atoms with van der Waals surface area (Å²) in [5.74, 6) is 1.01. The number of aryl methyl sites for hydroxylation is 1. The van der Waals surface area contributed by atoms with Crippen LogP contribution in [0.5, 0.6) is 0 Å². The molecule has 2 saturated heterocycles. The Labute approximate surface area is 170 Å². The number of ether oxygens (including phenoxy) is 1. The largest absolute Gasteiger partial charge is 0.352 e. The third kappa shape index (κ3) is 3.06. The summed E-state index contributed by atoms with van der Waals surface area (Å²) in [7, 11) is 1.88. The topological polar surface area (TPSA) is 72.6 Å². The van der Waals surface area contributed by atoms with Gasteiger partial charge < -0.3 is 23.7 Å². The average Bonchev–Trinajstić information content (AvgIpc) is 3.49. The number of aromatic nitrogens is 3. The zero-order valence-electron chi connectivity index (χ0n) is 16.8. The molecule has 0 saturated carbocycles. The summed E-state index contributed by atoms with van der Waals surface area (Å²) in [5.41, 5.74) is 0.0846. The van der Waals surface area contributed by atoms with Crippen molar-refractivity contribution in [1.29, 1.82) is 0 Å². The molecule has 2 aromatic heterocycles. The van der Waals surface area contributed by atoms with Gasteiger partial charge in [-0.3, -0.25) is 9.59 Å². The first-order valence-electron chi connectivity index (χ1n) is 10.5. The first-order chi connectivity index (χ1) is 14.1. The van der Waals surface area contributed by atoms with Gasteiger partial charge in [0.2, 0.25) is 0 Å². The molecule has 0 aromatic carbocycles. The van der Waals surface area contributed by atoms with E-state index in [0.717, 1.165) is 31.8 Å². The Morgan fingerprint density at radius 1 is 1.10 bits per heavy atom. The Bertz CT molecular complexity index is 918. The molecule has 0 radical (unpaired) electrons. The first kappa shape index (κ1) is 18.4. The van der Waals surface area contributed by atoms with E-state index in [1.807, 2.05) is 45.9 Å². The molecule has 5 heterocycles. The summed E-state index contributed by atoms with van der Waals surface area (Å²) in [6.45, 7) is 3.32. The van der Waals surface area contributed by atoms with Gasteiger partial charge in [-0.1, -0.05) is 0 Å². The molecule has 0 bridgehead atoms. The number of carbonyl (C=O) groups is 2. The molecule has 2 fully saturated rings. The lowest BCUT2D eigenvalue weighted by atomic mass is 9.88. The van der Waals surface area contributed by atoms with Crippen LogP contribution in [-0.2, 0) is 28.7 Å². The van der Waals surface area contributed by atoms with E-state index in [4.69, 9.17) is 4.74 Å². The van der Waals surface area contributed by atoms with Gasteiger partial charge in [0.1, 0.15) is 17.1 Å². The maximum absolute atomic E-state index is 13.0. The summed E-state index contributed by atoms with van der Waals surface area (Å²) in [5, 5.41) is 0. The molecule has 8 nitrogen and oxygen atoms in total. The van der Waals surface area contributed by atoms with E-state index in [2.05, 4.69) is 9.55 Å². The molecule has 1 spiro atoms. The van der Waals surface area contributed by atoms with Crippen LogP contribution in [0.15, 0.2) is 30.7 Å². The van der Waals surface area contributed by atoms with Crippen LogP contribution in [0.25, 0.3) is 0 Å². The molecule has 2 amide bonds. The Morgan fingerprint density at radius 3 is 2.55 bits per heavy atom. The van der Waals surface area contributed by atoms with Crippen LogP contribution < -0.4 is 0 Å². The zero-order valence-corrected chi connectivity index (χ0v) is 16.8. The van der Waals surface area contributed by atoms with Crippen LogP contribution >= 0.6 is 0 Å². The molecule has 154 valence electrons. The number of likely N-dealkylation sites (tertiary alicyclic amines) is 2. The normalized spacial score (nSPS) is 23.4. The average molecular weight is 397 g/mol. The molecule has 2 aromatic rings. The molecule has 1 unspecified atom stereocenters. The Morgan fingerprint density at radius 2 is 1.86 bits per heavy atom. The van der Waals surface area contributed by atoms with Crippen LogP contribution in [0.2, 0.25) is 0 Å². The van der Waals surface area contributed by atoms with Gasteiger partial charge in [0.15, 0.2) is 6.10 Å². The van der Waals surface area contributed by atoms with Gasteiger partial charge in [-0.05, 0) is 25.0 Å². The van der Waals surface area contributed by atoms with Gasteiger partial charge >= 0.3 is 0 Å². The summed E-state index contributed by atoms with van der Waals surface area (Å²) in [6, 6.07) is 3.73. The van der Waals surface area contributed by atoms with E-state index < -0.39 is 11.7 Å². The Balaban J connectivity index is 1.35. The quantitative estimate of drug-likeness (QED) is 0.767. The Hall–Kier alpha value is -2.61. The predicted octanol–water partition coefficient (Wildman–Crippen LogP) is 1.37. The molecular weight excluding hydrogens is 370 g/mol. The standard InChI is InChI=1S/C21H27N5O3/c1-23-9-4-5-16(23)18(27)25-12-6-21(7-13-25)20-22-8-14-26(20)15-17(29-21)19(28)24-10-2-3-11-24/h4-5,8-9,14,17H,2-3,6-7,10-13,15H2,1H3. The highest BCUT2D eigenvalue weighted by Crippen LogP contribution is 2.40. The lowest BCUT2D eigenvalue weighted by molar-refractivity contribution is -0.179. The van der Waals surface area contributed by atoms with Gasteiger partial charge in [0.05, 0.1) is 6.54 Å². The highest BCUT2D eigenvalue weighted by atomic mass is 16.5. The number of piperidine rings is 1. The Kier molecular flexibility index (Phi) is 4.46. The second kappa shape index (κ2) is 7.02. The van der Waals surface area contributed by atoms with Crippen LogP contribution in [0.4, 0.5) is 0 Å². The van der Waals surface area contributed by atoms with Gasteiger partial charge in [-0.25, -0.2) is 4.98 Å². The minimum atomic E-state index is -0.604. The second-order valence-electron chi connectivity index (χ2n) is 8.33. The van der Waals surface area contributed by atoms with Crippen LogP contribution in [-0.4, -0.2) is 68.0 Å². The molecule has 0 N–H and O–H groups in total. The van der Waals surface area contributed by atoms with Crippen molar-refractivity contribution in [2.45, 2.75) is 43.9 Å². The molecule has 8 heteroatoms. The van der Waals surface area contributed by atoms with Crippen molar-refractivity contribution in [3.8, 4) is 0 Å². The van der Waals surface area contributed by atoms with Crippen LogP contribution in [0.1, 0.15) is 42.0 Å². The fourth-order valence-electron chi connectivity index (χ4n) is 4.92. The van der Waals surface area contributed by atoms with E-state index in [0.29, 0.717) is 38.2 Å². The zero-order chi connectivity index (χ0) is 20.0. The SMILES string of the molecule is Cn1cccc1C(=O)N1CCC2(CC1)OC(C(=O)N1CCCC1)Cn1ccnc12. The summed E-state index contributed by atoms with van der Waals surface area (Å²) >= 11 is 0. The molecule has 5 rings (SSSR count). The van der Waals surface area contributed by atoms with Crippen molar-refractivity contribution in [2.75, 3.05) is 26.2 Å². The molecule has 29 heavy (non-hydrogen) atoms. The van der Waals surface area contributed by atoms with Gasteiger partial charge in [-0.2, -0.15) is 0 Å². The highest BCUT2D eigenvalue weighted by molar-refractivity contribution is 5.92. The van der Waals surface area contributed by atoms with E-state index in [9.17, 15) is 9.59 Å². The van der Waals surface area contributed by atoms with Gasteiger partial charge in [-0.15, -0.1) is 0 Å². The van der Waals surface area contributed by atoms with E-state index in [-0.39, 0.29) is 11.8 Å². The number of carbonyl (C=O) groups excluding carboxylic acids is 2. The van der Waals surface area contributed by atoms with Crippen molar-refractivity contribution < 1.29 is 14.3 Å². The van der Waals surface area contributed by atoms with E-state index >= 15 is 0 Å². The predicted molar refractivity (Wildman–Crippen MR) is 105 cm³/mol. The maximum Gasteiger partial charge on any atom is 0.270 e. The van der Waals surface area contributed by atoms with Crippen molar-refractivity contribution in [2.24, 2.45) is 7.05 Å². The third-order valence-electron chi connectivity index (χ3n) is 6.57. The molecule has 0 aliphatic carbocycles. The number of amides is 2. The summed E-state index contributed by atoms with van der Waals surface area (Å²) in [6.07, 6.45) is 8.54. The number of hydrogen-bond acceptors (Lipinski definition) is 4. The summed E-state index contributed by atoms with van der Waals surface area (Å²) < 4.78 is 10.4. The van der Waals surface area contributed by atoms with Crippen molar-refractivity contribution in [3.63, 3.8) is 0 Å². The lowest BCUT2D eigenvalue weighted by Gasteiger charge is -2.46. The number of imidazole rings is 1. The number of fused-ring (bicyclic) bond motifs is 2. The number of hydrogen-bond donors (Lipinski definition) is 0. The number of rotatable bonds is 2. The lowest BCUT2D eigenvalue weighted by Crippen LogP contribution is -2.55. The second-order valence-corrected chi connectivity index (χ2v) is 8.33. The van der Waals surface area contributed by atoms with E-state index in [1.165, 1.54) is 0 Å². The molecular formula is C21H27N5O3. The van der Waals surface area contributed by atoms with Gasteiger partial charge in [0.25, 0.3) is 11.8 Å². The minimum absolute atomic E-state index is 0.0381. The van der Waals surface area contributed by atoms with Crippen LogP contribution in [0.3, 0.4) is 0 Å².